The van der Waals surface area contributed by atoms with Crippen molar-refractivity contribution in [1.82, 2.24) is 10.1 Å². The average Bonchev–Trinajstić information content (AvgIpc) is 3.30. The molecule has 0 bridgehead atoms. The first kappa shape index (κ1) is 23.8. The van der Waals surface area contributed by atoms with Gasteiger partial charge in [0, 0.05) is 19.0 Å². The van der Waals surface area contributed by atoms with Crippen LogP contribution in [-0.4, -0.2) is 47.0 Å². The first-order chi connectivity index (χ1) is 15.4. The summed E-state index contributed by atoms with van der Waals surface area (Å²) in [7, 11) is 3.15. The van der Waals surface area contributed by atoms with Gasteiger partial charge in [0.1, 0.15) is 10.1 Å². The van der Waals surface area contributed by atoms with Crippen LogP contribution in [-0.2, 0) is 9.59 Å². The Morgan fingerprint density at radius 3 is 2.69 bits per heavy atom. The van der Waals surface area contributed by atoms with E-state index in [2.05, 4.69) is 10.5 Å². The number of rotatable bonds is 10. The molecule has 1 fully saturated rings. The van der Waals surface area contributed by atoms with Crippen molar-refractivity contribution in [3.63, 3.8) is 0 Å². The number of nitrogens with zero attached hydrogens (tertiary/aromatic N) is 2. The molecular weight excluding hydrogens is 450 g/mol. The van der Waals surface area contributed by atoms with Crippen LogP contribution in [0.5, 0.6) is 11.5 Å². The molecule has 1 aliphatic rings. The highest BCUT2D eigenvalue weighted by Gasteiger charge is 2.31. The third-order valence-corrected chi connectivity index (χ3v) is 6.14. The van der Waals surface area contributed by atoms with Crippen molar-refractivity contribution in [3.8, 4) is 11.5 Å². The van der Waals surface area contributed by atoms with Gasteiger partial charge in [-0.3, -0.25) is 14.5 Å². The van der Waals surface area contributed by atoms with Crippen molar-refractivity contribution in [2.45, 2.75) is 32.6 Å². The lowest BCUT2D eigenvalue weighted by atomic mass is 10.1. The van der Waals surface area contributed by atoms with Crippen molar-refractivity contribution in [3.05, 3.63) is 40.5 Å². The van der Waals surface area contributed by atoms with Crippen LogP contribution in [0.15, 0.2) is 33.7 Å². The number of nitrogens with one attached hydrogen (secondary N) is 1. The fourth-order valence-electron chi connectivity index (χ4n) is 3.15. The summed E-state index contributed by atoms with van der Waals surface area (Å²) in [5.41, 5.74) is 0.830. The van der Waals surface area contributed by atoms with Crippen molar-refractivity contribution in [2.75, 3.05) is 26.1 Å². The number of aryl methyl sites for hydroxylation is 1. The Labute approximate surface area is 196 Å². The minimum Gasteiger partial charge on any atom is -0.493 e. The van der Waals surface area contributed by atoms with Crippen LogP contribution in [0.3, 0.4) is 0 Å². The summed E-state index contributed by atoms with van der Waals surface area (Å²) in [6, 6.07) is 7.14. The molecular formula is C22H25N3O5S2. The Kier molecular flexibility index (Phi) is 8.29. The minimum absolute atomic E-state index is 0.103. The molecule has 170 valence electrons. The Morgan fingerprint density at radius 1 is 1.22 bits per heavy atom. The van der Waals surface area contributed by atoms with Gasteiger partial charge in [-0.25, -0.2) is 0 Å². The van der Waals surface area contributed by atoms with Gasteiger partial charge < -0.3 is 19.3 Å². The van der Waals surface area contributed by atoms with Crippen molar-refractivity contribution in [2.24, 2.45) is 0 Å². The van der Waals surface area contributed by atoms with Gasteiger partial charge in [-0.2, -0.15) is 0 Å². The number of amides is 2. The summed E-state index contributed by atoms with van der Waals surface area (Å²) < 4.78 is 16.0. The predicted molar refractivity (Wildman–Crippen MR) is 128 cm³/mol. The van der Waals surface area contributed by atoms with Crippen molar-refractivity contribution < 1.29 is 23.6 Å². The van der Waals surface area contributed by atoms with E-state index in [1.807, 2.05) is 12.1 Å². The maximum absolute atomic E-state index is 12.8. The molecule has 1 aromatic heterocycles. The van der Waals surface area contributed by atoms with Crippen LogP contribution in [0.4, 0.5) is 5.82 Å². The maximum Gasteiger partial charge on any atom is 0.266 e. The van der Waals surface area contributed by atoms with Gasteiger partial charge in [-0.1, -0.05) is 41.6 Å². The molecule has 0 radical (unpaired) electrons. The van der Waals surface area contributed by atoms with Gasteiger partial charge in [0.25, 0.3) is 5.91 Å². The number of unbranched alkanes of at least 4 members (excludes halogenated alkanes) is 2. The van der Waals surface area contributed by atoms with Crippen LogP contribution in [0.25, 0.3) is 6.08 Å². The molecule has 3 rings (SSSR count). The zero-order valence-electron chi connectivity index (χ0n) is 18.2. The molecule has 0 saturated carbocycles. The van der Waals surface area contributed by atoms with Crippen molar-refractivity contribution >= 4 is 52.0 Å². The number of thiocarbonyl (C=S) groups is 1. The second-order valence-electron chi connectivity index (χ2n) is 7.13. The van der Waals surface area contributed by atoms with E-state index in [0.29, 0.717) is 51.7 Å². The molecule has 32 heavy (non-hydrogen) atoms. The number of hydrogen-bond donors (Lipinski definition) is 1. The normalized spacial score (nSPS) is 14.8. The molecule has 10 heteroatoms. The van der Waals surface area contributed by atoms with Crippen LogP contribution >= 0.6 is 24.0 Å². The first-order valence-electron chi connectivity index (χ1n) is 10.1. The third kappa shape index (κ3) is 6.10. The lowest BCUT2D eigenvalue weighted by Gasteiger charge is -2.14. The molecule has 1 aromatic carbocycles. The highest BCUT2D eigenvalue weighted by Crippen LogP contribution is 2.34. The van der Waals surface area contributed by atoms with Crippen LogP contribution in [0.1, 0.15) is 37.0 Å². The van der Waals surface area contributed by atoms with Crippen LogP contribution < -0.4 is 14.8 Å². The summed E-state index contributed by atoms with van der Waals surface area (Å²) in [5.74, 6) is 2.08. The molecule has 1 N–H and O–H groups in total. The molecule has 2 heterocycles. The zero-order valence-corrected chi connectivity index (χ0v) is 19.8. The zero-order chi connectivity index (χ0) is 23.1. The lowest BCUT2D eigenvalue weighted by Crippen LogP contribution is -2.29. The highest BCUT2D eigenvalue weighted by molar-refractivity contribution is 8.26. The number of anilines is 1. The minimum atomic E-state index is -0.109. The van der Waals surface area contributed by atoms with Gasteiger partial charge in [-0.15, -0.1) is 0 Å². The van der Waals surface area contributed by atoms with Gasteiger partial charge in [-0.05, 0) is 43.5 Å². The van der Waals surface area contributed by atoms with E-state index in [0.717, 1.165) is 18.4 Å². The van der Waals surface area contributed by atoms with Crippen molar-refractivity contribution in [1.29, 1.82) is 0 Å². The van der Waals surface area contributed by atoms with E-state index < -0.39 is 0 Å². The van der Waals surface area contributed by atoms with E-state index in [1.54, 1.807) is 44.3 Å². The van der Waals surface area contributed by atoms with Gasteiger partial charge >= 0.3 is 0 Å². The molecule has 0 unspecified atom stereocenters. The number of methoxy groups -OCH3 is 2. The third-order valence-electron chi connectivity index (χ3n) is 4.76. The van der Waals surface area contributed by atoms with Gasteiger partial charge in [0.2, 0.25) is 5.91 Å². The smallest absolute Gasteiger partial charge is 0.266 e. The highest BCUT2D eigenvalue weighted by atomic mass is 32.2. The monoisotopic (exact) mass is 475 g/mol. The van der Waals surface area contributed by atoms with E-state index in [9.17, 15) is 9.59 Å². The van der Waals surface area contributed by atoms with E-state index >= 15 is 0 Å². The number of carbonyl (C=O) groups is 2. The number of benzene rings is 1. The fraction of sp³-hybridized carbons (Fsp3) is 0.364. The number of ether oxygens (including phenoxy) is 2. The molecule has 1 aliphatic heterocycles. The Hall–Kier alpha value is -2.85. The van der Waals surface area contributed by atoms with Crippen LogP contribution in [0.2, 0.25) is 0 Å². The van der Waals surface area contributed by atoms with Gasteiger partial charge in [0.15, 0.2) is 17.3 Å². The van der Waals surface area contributed by atoms with E-state index in [1.165, 1.54) is 11.8 Å². The summed E-state index contributed by atoms with van der Waals surface area (Å²) in [5, 5.41) is 6.43. The Balaban J connectivity index is 1.46. The number of hydrogen-bond acceptors (Lipinski definition) is 8. The number of carbonyl (C=O) groups excluding carboxylic acids is 2. The standard InChI is InChI=1S/C22H25N3O5S2/c1-14-11-19(24-30-14)23-20(26)7-5-4-6-10-25-21(27)18(32-22(25)31)13-15-8-9-16(28-2)17(12-15)29-3/h8-9,11-13H,4-7,10H2,1-3H3,(H,23,24,26)/b18-13+. The Morgan fingerprint density at radius 2 is 2.00 bits per heavy atom. The summed E-state index contributed by atoms with van der Waals surface area (Å²) in [4.78, 5) is 26.9. The second-order valence-corrected chi connectivity index (χ2v) is 8.81. The predicted octanol–water partition coefficient (Wildman–Crippen LogP) is 4.40. The number of aromatic nitrogens is 1. The summed E-state index contributed by atoms with van der Waals surface area (Å²) in [6.45, 7) is 2.29. The summed E-state index contributed by atoms with van der Waals surface area (Å²) >= 11 is 6.68. The first-order valence-corrected chi connectivity index (χ1v) is 11.3. The van der Waals surface area contributed by atoms with E-state index in [4.69, 9.17) is 26.2 Å². The fourth-order valence-corrected chi connectivity index (χ4v) is 4.46. The van der Waals surface area contributed by atoms with E-state index in [-0.39, 0.29) is 11.8 Å². The molecule has 2 aromatic rings. The molecule has 2 amide bonds. The van der Waals surface area contributed by atoms with Crippen LogP contribution in [0, 0.1) is 6.92 Å². The molecule has 1 saturated heterocycles. The lowest BCUT2D eigenvalue weighted by molar-refractivity contribution is -0.122. The topological polar surface area (TPSA) is 93.9 Å². The summed E-state index contributed by atoms with van der Waals surface area (Å²) in [6.07, 6.45) is 4.45. The Bertz CT molecular complexity index is 1030. The average molecular weight is 476 g/mol. The molecule has 8 nitrogen and oxygen atoms in total. The number of thioether (sulfide) groups is 1. The van der Waals surface area contributed by atoms with Gasteiger partial charge in [0.05, 0.1) is 19.1 Å². The SMILES string of the molecule is COc1ccc(/C=C2/SC(=S)N(CCCCCC(=O)Nc3cc(C)on3)C2=O)cc1OC. The second kappa shape index (κ2) is 11.1. The largest absolute Gasteiger partial charge is 0.493 e. The molecule has 0 atom stereocenters. The molecule has 0 aliphatic carbocycles. The molecule has 0 spiro atoms. The maximum atomic E-state index is 12.8. The quantitative estimate of drug-likeness (QED) is 0.307.